The van der Waals surface area contributed by atoms with Crippen LogP contribution >= 0.6 is 23.1 Å². The number of aromatic nitrogens is 2. The molecule has 0 unspecified atom stereocenters. The van der Waals surface area contributed by atoms with Crippen molar-refractivity contribution in [1.82, 2.24) is 9.13 Å². The van der Waals surface area contributed by atoms with E-state index in [1.807, 2.05) is 23.1 Å². The number of para-hydroxylation sites is 4. The Labute approximate surface area is 313 Å². The summed E-state index contributed by atoms with van der Waals surface area (Å²) in [5.74, 6) is 0. The van der Waals surface area contributed by atoms with E-state index in [9.17, 15) is 0 Å². The van der Waals surface area contributed by atoms with Gasteiger partial charge in [-0.3, -0.25) is 0 Å². The highest BCUT2D eigenvalue weighted by molar-refractivity contribution is 7.99. The first-order chi connectivity index (χ1) is 26.3. The Morgan fingerprint density at radius 1 is 0.321 bits per heavy atom. The molecule has 0 spiro atoms. The molecule has 53 heavy (non-hydrogen) atoms. The number of nitrogens with zero attached hydrogens (tertiary/aromatic N) is 3. The quantitative estimate of drug-likeness (QED) is 0.181. The van der Waals surface area contributed by atoms with Crippen LogP contribution in [0.3, 0.4) is 0 Å². The Balaban J connectivity index is 1.10. The Bertz CT molecular complexity index is 3020. The molecule has 3 nitrogen and oxygen atoms in total. The second-order valence-electron chi connectivity index (χ2n) is 13.8. The number of anilines is 3. The molecule has 0 radical (unpaired) electrons. The number of rotatable bonds is 3. The van der Waals surface area contributed by atoms with Gasteiger partial charge in [-0.15, -0.1) is 11.3 Å². The molecule has 0 atom stereocenters. The average molecular weight is 712 g/mol. The molecule has 3 aromatic heterocycles. The van der Waals surface area contributed by atoms with E-state index in [2.05, 4.69) is 190 Å². The van der Waals surface area contributed by atoms with Crippen LogP contribution in [0.1, 0.15) is 0 Å². The molecular weight excluding hydrogens is 683 g/mol. The SMILES string of the molecule is c1ccc2c(c1)sc1ccc(N3c4ccc(-n5c6ccccc6c6ccccc65)cc4Sc4cc(-n5c6ccccc6c6ccccc65)ccc43)cc12. The van der Waals surface area contributed by atoms with Gasteiger partial charge in [-0.05, 0) is 84.9 Å². The predicted octanol–water partition coefficient (Wildman–Crippen LogP) is 14.2. The van der Waals surface area contributed by atoms with Crippen LogP contribution in [0.25, 0.3) is 75.2 Å². The molecule has 0 saturated carbocycles. The summed E-state index contributed by atoms with van der Waals surface area (Å²) in [5, 5.41) is 7.69. The van der Waals surface area contributed by atoms with E-state index in [1.165, 1.54) is 84.9 Å². The summed E-state index contributed by atoms with van der Waals surface area (Å²) in [6.07, 6.45) is 0. The third kappa shape index (κ3) is 4.23. The normalized spacial score (nSPS) is 12.8. The zero-order chi connectivity index (χ0) is 34.6. The zero-order valence-corrected chi connectivity index (χ0v) is 30.0. The van der Waals surface area contributed by atoms with Crippen LogP contribution in [0.2, 0.25) is 0 Å². The van der Waals surface area contributed by atoms with Crippen LogP contribution in [0.5, 0.6) is 0 Å². The summed E-state index contributed by atoms with van der Waals surface area (Å²) in [6, 6.07) is 64.8. The third-order valence-electron chi connectivity index (χ3n) is 10.9. The second-order valence-corrected chi connectivity index (χ2v) is 15.9. The first kappa shape index (κ1) is 29.3. The molecule has 0 bridgehead atoms. The highest BCUT2D eigenvalue weighted by Gasteiger charge is 2.27. The van der Waals surface area contributed by atoms with Gasteiger partial charge in [0.25, 0.3) is 0 Å². The maximum atomic E-state index is 2.47. The minimum atomic E-state index is 1.16. The van der Waals surface area contributed by atoms with Crippen LogP contribution in [0, 0.1) is 0 Å². The number of hydrogen-bond donors (Lipinski definition) is 0. The van der Waals surface area contributed by atoms with Gasteiger partial charge in [0.15, 0.2) is 0 Å². The van der Waals surface area contributed by atoms with E-state index in [1.54, 1.807) is 0 Å². The Hall–Kier alpha value is -6.27. The molecule has 4 heterocycles. The van der Waals surface area contributed by atoms with Crippen molar-refractivity contribution in [2.75, 3.05) is 4.90 Å². The maximum absolute atomic E-state index is 2.47. The molecule has 12 rings (SSSR count). The van der Waals surface area contributed by atoms with Crippen molar-refractivity contribution < 1.29 is 0 Å². The fourth-order valence-electron chi connectivity index (χ4n) is 8.60. The average Bonchev–Trinajstić information content (AvgIpc) is 3.87. The van der Waals surface area contributed by atoms with Crippen molar-refractivity contribution in [3.05, 3.63) is 176 Å². The van der Waals surface area contributed by atoms with Gasteiger partial charge in [-0.25, -0.2) is 0 Å². The van der Waals surface area contributed by atoms with Crippen LogP contribution in [-0.4, -0.2) is 9.13 Å². The van der Waals surface area contributed by atoms with Gasteiger partial charge in [0.1, 0.15) is 0 Å². The second kappa shape index (κ2) is 11.1. The highest BCUT2D eigenvalue weighted by Crippen LogP contribution is 2.53. The lowest BCUT2D eigenvalue weighted by Gasteiger charge is -2.33. The molecule has 0 amide bonds. The van der Waals surface area contributed by atoms with Gasteiger partial charge in [0.05, 0.1) is 33.4 Å². The lowest BCUT2D eigenvalue weighted by atomic mass is 10.1. The van der Waals surface area contributed by atoms with Crippen molar-refractivity contribution in [1.29, 1.82) is 0 Å². The Morgan fingerprint density at radius 3 is 1.25 bits per heavy atom. The summed E-state index contributed by atoms with van der Waals surface area (Å²) in [7, 11) is 0. The Morgan fingerprint density at radius 2 is 0.736 bits per heavy atom. The topological polar surface area (TPSA) is 13.1 Å². The van der Waals surface area contributed by atoms with Crippen molar-refractivity contribution in [2.24, 2.45) is 0 Å². The standard InChI is InChI=1S/C48H29N3S2/c1-6-16-39-33(11-1)34-12-2-7-17-40(34)49(39)31-21-24-43-47(28-31)53-48-29-32(50-41-18-8-3-13-35(41)36-14-4-9-19-42(36)50)22-25-44(48)51(43)30-23-26-46-38(27-30)37-15-5-10-20-45(37)52-46/h1-29H. The van der Waals surface area contributed by atoms with E-state index in [-0.39, 0.29) is 0 Å². The first-order valence-corrected chi connectivity index (χ1v) is 19.6. The minimum absolute atomic E-state index is 1.16. The molecule has 0 aliphatic carbocycles. The van der Waals surface area contributed by atoms with Crippen LogP contribution in [0.4, 0.5) is 17.1 Å². The number of fused-ring (bicyclic) bond motifs is 11. The lowest BCUT2D eigenvalue weighted by Crippen LogP contribution is -2.15. The molecule has 1 aliphatic rings. The van der Waals surface area contributed by atoms with Crippen molar-refractivity contribution in [3.8, 4) is 11.4 Å². The fraction of sp³-hybridized carbons (Fsp3) is 0. The lowest BCUT2D eigenvalue weighted by molar-refractivity contribution is 1.11. The number of benzene rings is 8. The minimum Gasteiger partial charge on any atom is -0.309 e. The number of thiophene rings is 1. The molecule has 11 aromatic rings. The van der Waals surface area contributed by atoms with Crippen LogP contribution < -0.4 is 4.90 Å². The van der Waals surface area contributed by atoms with Gasteiger partial charge in [-0.2, -0.15) is 0 Å². The number of hydrogen-bond acceptors (Lipinski definition) is 3. The van der Waals surface area contributed by atoms with Crippen molar-refractivity contribution >= 4 is 104 Å². The molecule has 5 heteroatoms. The van der Waals surface area contributed by atoms with E-state index >= 15 is 0 Å². The van der Waals surface area contributed by atoms with Gasteiger partial charge < -0.3 is 14.0 Å². The maximum Gasteiger partial charge on any atom is 0.0603 e. The van der Waals surface area contributed by atoms with Gasteiger partial charge in [0.2, 0.25) is 0 Å². The summed E-state index contributed by atoms with van der Waals surface area (Å²) < 4.78 is 7.47. The molecular formula is C48H29N3S2. The van der Waals surface area contributed by atoms with Gasteiger partial charge in [-0.1, -0.05) is 103 Å². The monoisotopic (exact) mass is 711 g/mol. The summed E-state index contributed by atoms with van der Waals surface area (Å²) in [5.41, 5.74) is 10.7. The van der Waals surface area contributed by atoms with Gasteiger partial charge in [0, 0.05) is 68.6 Å². The summed E-state index contributed by atoms with van der Waals surface area (Å²) in [6.45, 7) is 0. The molecule has 8 aromatic carbocycles. The van der Waals surface area contributed by atoms with Crippen LogP contribution in [-0.2, 0) is 0 Å². The predicted molar refractivity (Wildman–Crippen MR) is 227 cm³/mol. The first-order valence-electron chi connectivity index (χ1n) is 17.9. The molecule has 0 N–H and O–H groups in total. The van der Waals surface area contributed by atoms with E-state index in [0.29, 0.717) is 0 Å². The molecule has 0 saturated heterocycles. The molecule has 248 valence electrons. The Kier molecular flexibility index (Phi) is 6.15. The smallest absolute Gasteiger partial charge is 0.0603 e. The van der Waals surface area contributed by atoms with Crippen molar-refractivity contribution in [3.63, 3.8) is 0 Å². The van der Waals surface area contributed by atoms with E-state index in [4.69, 9.17) is 0 Å². The third-order valence-corrected chi connectivity index (χ3v) is 13.1. The van der Waals surface area contributed by atoms with Crippen molar-refractivity contribution in [2.45, 2.75) is 9.79 Å². The largest absolute Gasteiger partial charge is 0.309 e. The van der Waals surface area contributed by atoms with Gasteiger partial charge >= 0.3 is 0 Å². The fourth-order valence-corrected chi connectivity index (χ4v) is 10.8. The summed E-state index contributed by atoms with van der Waals surface area (Å²) >= 11 is 3.73. The van der Waals surface area contributed by atoms with Crippen LogP contribution in [0.15, 0.2) is 186 Å². The zero-order valence-electron chi connectivity index (χ0n) is 28.4. The molecule has 1 aliphatic heterocycles. The van der Waals surface area contributed by atoms with E-state index in [0.717, 1.165) is 17.1 Å². The summed E-state index contributed by atoms with van der Waals surface area (Å²) in [4.78, 5) is 4.93. The molecule has 0 fully saturated rings. The van der Waals surface area contributed by atoms with E-state index < -0.39 is 0 Å². The highest BCUT2D eigenvalue weighted by atomic mass is 32.2.